The second-order valence-electron chi connectivity index (χ2n) is 8.96. The molecule has 4 aromatic rings. The van der Waals surface area contributed by atoms with E-state index in [0.717, 1.165) is 0 Å². The molecule has 0 saturated heterocycles. The van der Waals surface area contributed by atoms with Gasteiger partial charge in [0.1, 0.15) is 17.3 Å². The van der Waals surface area contributed by atoms with Gasteiger partial charge >= 0.3 is 5.97 Å². The number of sulfone groups is 1. The summed E-state index contributed by atoms with van der Waals surface area (Å²) in [4.78, 5) is 23.0. The highest BCUT2D eigenvalue weighted by molar-refractivity contribution is 7.91. The van der Waals surface area contributed by atoms with Gasteiger partial charge in [0.05, 0.1) is 22.8 Å². The first-order chi connectivity index (χ1) is 19.2. The number of aliphatic carboxylic acids is 1. The van der Waals surface area contributed by atoms with Crippen LogP contribution in [0, 0.1) is 5.82 Å². The SMILES string of the molecule is O=CN(NCc1ccccc1F)c1ccc(Oc2ccc(S(=O)(=O)CC(CC(=O)O)c3ccccc3)cc2)cc1. The molecule has 0 heterocycles. The zero-order valence-corrected chi connectivity index (χ0v) is 22.1. The van der Waals surface area contributed by atoms with Gasteiger partial charge in [-0.05, 0) is 60.2 Å². The molecule has 1 unspecified atom stereocenters. The van der Waals surface area contributed by atoms with Crippen molar-refractivity contribution < 1.29 is 32.2 Å². The third-order valence-electron chi connectivity index (χ3n) is 6.15. The quantitative estimate of drug-likeness (QED) is 0.168. The molecular weight excluding hydrogens is 535 g/mol. The number of hydrogen-bond donors (Lipinski definition) is 2. The largest absolute Gasteiger partial charge is 0.481 e. The zero-order chi connectivity index (χ0) is 28.5. The van der Waals surface area contributed by atoms with E-state index in [2.05, 4.69) is 5.43 Å². The molecule has 4 rings (SSSR count). The first-order valence-corrected chi connectivity index (χ1v) is 14.0. The highest BCUT2D eigenvalue weighted by Gasteiger charge is 2.25. The summed E-state index contributed by atoms with van der Waals surface area (Å²) in [5, 5.41) is 10.5. The summed E-state index contributed by atoms with van der Waals surface area (Å²) in [6.45, 7) is 0.112. The molecule has 0 saturated carbocycles. The summed E-state index contributed by atoms with van der Waals surface area (Å²) >= 11 is 0. The Morgan fingerprint density at radius 2 is 1.50 bits per heavy atom. The van der Waals surface area contributed by atoms with Gasteiger partial charge in [-0.3, -0.25) is 9.59 Å². The molecular formula is C30H27FN2O6S. The van der Waals surface area contributed by atoms with Crippen molar-refractivity contribution in [2.24, 2.45) is 0 Å². The van der Waals surface area contributed by atoms with Gasteiger partial charge in [0, 0.05) is 18.0 Å². The average Bonchev–Trinajstić information content (AvgIpc) is 2.95. The normalized spacial score (nSPS) is 11.9. The maximum atomic E-state index is 13.8. The van der Waals surface area contributed by atoms with Gasteiger partial charge in [-0.15, -0.1) is 0 Å². The van der Waals surface area contributed by atoms with Crippen LogP contribution >= 0.6 is 0 Å². The van der Waals surface area contributed by atoms with Crippen LogP contribution in [-0.4, -0.2) is 31.7 Å². The van der Waals surface area contributed by atoms with Gasteiger partial charge in [0.15, 0.2) is 9.84 Å². The Morgan fingerprint density at radius 3 is 2.10 bits per heavy atom. The number of halogens is 1. The van der Waals surface area contributed by atoms with Crippen LogP contribution in [0.5, 0.6) is 11.5 Å². The van der Waals surface area contributed by atoms with Crippen molar-refractivity contribution in [3.8, 4) is 11.5 Å². The van der Waals surface area contributed by atoms with Gasteiger partial charge in [-0.2, -0.15) is 0 Å². The van der Waals surface area contributed by atoms with E-state index >= 15 is 0 Å². The summed E-state index contributed by atoms with van der Waals surface area (Å²) < 4.78 is 45.8. The minimum Gasteiger partial charge on any atom is -0.481 e. The van der Waals surface area contributed by atoms with Gasteiger partial charge in [-0.1, -0.05) is 48.5 Å². The fraction of sp³-hybridized carbons (Fsp3) is 0.133. The van der Waals surface area contributed by atoms with Crippen LogP contribution in [0.2, 0.25) is 0 Å². The molecule has 0 bridgehead atoms. The van der Waals surface area contributed by atoms with Crippen molar-refractivity contribution in [2.75, 3.05) is 10.8 Å². The molecule has 4 aromatic carbocycles. The van der Waals surface area contributed by atoms with Crippen LogP contribution in [0.25, 0.3) is 0 Å². The number of hydrazine groups is 1. The van der Waals surface area contributed by atoms with E-state index in [1.165, 1.54) is 35.3 Å². The molecule has 0 fully saturated rings. The Morgan fingerprint density at radius 1 is 0.900 bits per heavy atom. The smallest absolute Gasteiger partial charge is 0.303 e. The van der Waals surface area contributed by atoms with Crippen LogP contribution in [0.4, 0.5) is 10.1 Å². The van der Waals surface area contributed by atoms with Crippen molar-refractivity contribution in [3.63, 3.8) is 0 Å². The summed E-state index contributed by atoms with van der Waals surface area (Å²) in [5.74, 6) is -1.64. The molecule has 2 N–H and O–H groups in total. The number of carboxylic acid groups (broad SMARTS) is 1. The third kappa shape index (κ3) is 7.52. The highest BCUT2D eigenvalue weighted by atomic mass is 32.2. The predicted octanol–water partition coefficient (Wildman–Crippen LogP) is 5.32. The fourth-order valence-corrected chi connectivity index (χ4v) is 5.68. The lowest BCUT2D eigenvalue weighted by atomic mass is 9.98. The van der Waals surface area contributed by atoms with E-state index in [9.17, 15) is 27.5 Å². The monoisotopic (exact) mass is 562 g/mol. The average molecular weight is 563 g/mol. The third-order valence-corrected chi connectivity index (χ3v) is 7.98. The van der Waals surface area contributed by atoms with Crippen molar-refractivity contribution in [2.45, 2.75) is 23.8 Å². The molecule has 10 heteroatoms. The van der Waals surface area contributed by atoms with Gasteiger partial charge in [0.2, 0.25) is 6.41 Å². The number of amides is 1. The van der Waals surface area contributed by atoms with Crippen molar-refractivity contribution >= 4 is 27.9 Å². The molecule has 1 atom stereocenters. The summed E-state index contributed by atoms with van der Waals surface area (Å²) in [6, 6.07) is 27.4. The number of nitrogens with zero attached hydrogens (tertiary/aromatic N) is 1. The first kappa shape index (κ1) is 28.5. The molecule has 0 aliphatic carbocycles. The van der Waals surface area contributed by atoms with E-state index in [1.807, 2.05) is 0 Å². The Kier molecular flexibility index (Phi) is 9.26. The van der Waals surface area contributed by atoms with Crippen LogP contribution < -0.4 is 15.2 Å². The Labute approximate surface area is 231 Å². The summed E-state index contributed by atoms with van der Waals surface area (Å²) in [7, 11) is -3.78. The van der Waals surface area contributed by atoms with Crippen LogP contribution in [0.15, 0.2) is 108 Å². The minimum absolute atomic E-state index is 0.0593. The van der Waals surface area contributed by atoms with Crippen molar-refractivity contribution in [1.82, 2.24) is 5.43 Å². The lowest BCUT2D eigenvalue weighted by Gasteiger charge is -2.19. The van der Waals surface area contributed by atoms with E-state index in [1.54, 1.807) is 72.8 Å². The van der Waals surface area contributed by atoms with Crippen LogP contribution in [0.1, 0.15) is 23.5 Å². The lowest BCUT2D eigenvalue weighted by Crippen LogP contribution is -2.36. The predicted molar refractivity (Wildman–Crippen MR) is 148 cm³/mol. The summed E-state index contributed by atoms with van der Waals surface area (Å²) in [5.41, 5.74) is 4.43. The fourth-order valence-electron chi connectivity index (χ4n) is 4.10. The molecule has 1 amide bonds. The number of carboxylic acids is 1. The number of hydrogen-bond acceptors (Lipinski definition) is 6. The standard InChI is InChI=1S/C30H27FN2O6S/c31-29-9-5-4-8-23(29)19-32-33(21-34)25-10-12-26(13-11-25)39-27-14-16-28(17-15-27)40(37,38)20-24(18-30(35)36)22-6-2-1-3-7-22/h1-17,21,24,32H,18-20H2,(H,35,36). The van der Waals surface area contributed by atoms with Crippen LogP contribution in [-0.2, 0) is 26.0 Å². The number of carbonyl (C=O) groups excluding carboxylic acids is 1. The molecule has 0 spiro atoms. The Bertz CT molecular complexity index is 1550. The number of carbonyl (C=O) groups is 2. The van der Waals surface area contributed by atoms with Crippen LogP contribution in [0.3, 0.4) is 0 Å². The summed E-state index contributed by atoms with van der Waals surface area (Å²) in [6.07, 6.45) is 0.273. The number of nitrogens with one attached hydrogen (secondary N) is 1. The Balaban J connectivity index is 1.39. The highest BCUT2D eigenvalue weighted by Crippen LogP contribution is 2.28. The maximum Gasteiger partial charge on any atom is 0.303 e. The van der Waals surface area contributed by atoms with E-state index in [4.69, 9.17) is 4.74 Å². The molecule has 0 aliphatic heterocycles. The number of anilines is 1. The molecule has 8 nitrogen and oxygen atoms in total. The first-order valence-electron chi connectivity index (χ1n) is 12.3. The van der Waals surface area contributed by atoms with Crippen molar-refractivity contribution in [3.05, 3.63) is 120 Å². The second-order valence-corrected chi connectivity index (χ2v) is 11.0. The molecule has 0 aliphatic rings. The van der Waals surface area contributed by atoms with Gasteiger partial charge in [0.25, 0.3) is 0 Å². The van der Waals surface area contributed by atoms with Gasteiger partial charge in [-0.25, -0.2) is 23.2 Å². The second kappa shape index (κ2) is 13.0. The lowest BCUT2D eigenvalue weighted by molar-refractivity contribution is -0.137. The topological polar surface area (TPSA) is 113 Å². The van der Waals surface area contributed by atoms with Crippen molar-refractivity contribution in [1.29, 1.82) is 0 Å². The minimum atomic E-state index is -3.78. The Hall–Kier alpha value is -4.54. The molecule has 0 radical (unpaired) electrons. The van der Waals surface area contributed by atoms with E-state index in [-0.39, 0.29) is 29.4 Å². The number of benzene rings is 4. The number of rotatable bonds is 13. The van der Waals surface area contributed by atoms with E-state index in [0.29, 0.717) is 34.7 Å². The molecule has 206 valence electrons. The number of ether oxygens (including phenoxy) is 1. The van der Waals surface area contributed by atoms with E-state index < -0.39 is 21.7 Å². The molecule has 40 heavy (non-hydrogen) atoms. The zero-order valence-electron chi connectivity index (χ0n) is 21.3. The van der Waals surface area contributed by atoms with Gasteiger partial charge < -0.3 is 9.84 Å². The molecule has 0 aromatic heterocycles. The maximum absolute atomic E-state index is 13.8.